The van der Waals surface area contributed by atoms with Crippen LogP contribution in [-0.2, 0) is 14.1 Å². The van der Waals surface area contributed by atoms with Gasteiger partial charge < -0.3 is 0 Å². The Morgan fingerprint density at radius 3 is 1.22 bits per heavy atom. The summed E-state index contributed by atoms with van der Waals surface area (Å²) in [6, 6.07) is 39.9. The zero-order valence-corrected chi connectivity index (χ0v) is 21.5. The van der Waals surface area contributed by atoms with Gasteiger partial charge in [0, 0.05) is 0 Å². The van der Waals surface area contributed by atoms with Gasteiger partial charge in [-0.2, -0.15) is 0 Å². The maximum atomic E-state index is 14.4. The topological polar surface area (TPSA) is 63.6 Å². The summed E-state index contributed by atoms with van der Waals surface area (Å²) >= 11 is 0. The Labute approximate surface area is 218 Å². The summed E-state index contributed by atoms with van der Waals surface area (Å²) in [6.07, 6.45) is 2.61. The Kier molecular flexibility index (Phi) is 6.95. The average Bonchev–Trinajstić information content (AvgIpc) is 2.98. The summed E-state index contributed by atoms with van der Waals surface area (Å²) in [5.74, 6) is -2.82. The number of aliphatic carboxylic acids is 1. The van der Waals surface area contributed by atoms with Crippen molar-refractivity contribution in [2.75, 3.05) is 0 Å². The van der Waals surface area contributed by atoms with Crippen molar-refractivity contribution in [3.8, 4) is 0 Å². The second-order valence-electron chi connectivity index (χ2n) is 9.62. The van der Waals surface area contributed by atoms with Crippen molar-refractivity contribution in [1.29, 1.82) is 0 Å². The molecule has 0 aromatic heterocycles. The summed E-state index contributed by atoms with van der Waals surface area (Å²) in [4.78, 5) is 26.6. The van der Waals surface area contributed by atoms with E-state index in [1.807, 2.05) is 121 Å². The van der Waals surface area contributed by atoms with E-state index in [2.05, 4.69) is 0 Å². The molecule has 5 heteroatoms. The molecule has 0 radical (unpaired) electrons. The third-order valence-electron chi connectivity index (χ3n) is 7.65. The minimum atomic E-state index is -4.14. The van der Waals surface area contributed by atoms with Gasteiger partial charge in [-0.25, -0.2) is 0 Å². The Bertz CT molecular complexity index is 1190. The van der Waals surface area contributed by atoms with Gasteiger partial charge >= 0.3 is 218 Å². The van der Waals surface area contributed by atoms with E-state index in [1.54, 1.807) is 0 Å². The predicted molar refractivity (Wildman–Crippen MR) is 150 cm³/mol. The van der Waals surface area contributed by atoms with Crippen LogP contribution in [0.2, 0.25) is 0 Å². The third kappa shape index (κ3) is 4.06. The van der Waals surface area contributed by atoms with E-state index in [0.717, 1.165) is 34.1 Å². The SMILES string of the molecule is O=C(O)C1CCCCC1C(=O)OP(c1ccccc1)(c1ccccc1)(c1ccccc1)c1ccccc1. The van der Waals surface area contributed by atoms with Crippen LogP contribution >= 0.6 is 6.83 Å². The third-order valence-corrected chi connectivity index (χ3v) is 13.3. The molecule has 1 fully saturated rings. The first kappa shape index (κ1) is 24.9. The van der Waals surface area contributed by atoms with Gasteiger partial charge in [0.2, 0.25) is 0 Å². The number of carboxylic acids is 1. The van der Waals surface area contributed by atoms with Crippen molar-refractivity contribution < 1.29 is 19.2 Å². The number of carbonyl (C=O) groups excluding carboxylic acids is 1. The first-order valence-corrected chi connectivity index (χ1v) is 14.9. The van der Waals surface area contributed by atoms with Gasteiger partial charge in [0.15, 0.2) is 0 Å². The van der Waals surface area contributed by atoms with Crippen LogP contribution in [0.15, 0.2) is 121 Å². The van der Waals surface area contributed by atoms with Crippen molar-refractivity contribution >= 4 is 40.0 Å². The number of carbonyl (C=O) groups is 2. The molecule has 4 aromatic carbocycles. The Morgan fingerprint density at radius 1 is 0.568 bits per heavy atom. The van der Waals surface area contributed by atoms with Crippen LogP contribution in [0.25, 0.3) is 0 Å². The van der Waals surface area contributed by atoms with Crippen LogP contribution in [0.4, 0.5) is 0 Å². The molecule has 2 atom stereocenters. The Hall–Kier alpha value is -3.75. The summed E-state index contributed by atoms with van der Waals surface area (Å²) in [7, 11) is 0. The van der Waals surface area contributed by atoms with Crippen molar-refractivity contribution in [2.24, 2.45) is 11.8 Å². The second-order valence-corrected chi connectivity index (χ2v) is 13.9. The standard InChI is InChI=1S/C32H31O4P/c33-31(34)29-23-13-14-24-30(29)32(35)36-37(25-15-5-1-6-16-25,26-17-7-2-8-18-26,27-19-9-3-10-20-27)28-21-11-4-12-22-28/h1-12,15-22,29-30H,13-14,23-24H2,(H,33,34). The van der Waals surface area contributed by atoms with Crippen LogP contribution < -0.4 is 21.2 Å². The molecule has 1 aliphatic carbocycles. The molecule has 0 heterocycles. The molecule has 188 valence electrons. The molecular weight excluding hydrogens is 479 g/mol. The zero-order chi connectivity index (χ0) is 25.7. The molecule has 0 amide bonds. The molecule has 2 unspecified atom stereocenters. The summed E-state index contributed by atoms with van der Waals surface area (Å²) in [6.45, 7) is -4.14. The van der Waals surface area contributed by atoms with Gasteiger partial charge in [0.25, 0.3) is 0 Å². The molecule has 0 aliphatic heterocycles. The van der Waals surface area contributed by atoms with Crippen molar-refractivity contribution in [3.05, 3.63) is 121 Å². The average molecular weight is 511 g/mol. The van der Waals surface area contributed by atoms with Crippen LogP contribution in [0.5, 0.6) is 0 Å². The molecule has 5 rings (SSSR count). The number of benzene rings is 4. The molecule has 0 spiro atoms. The Balaban J connectivity index is 1.89. The molecular formula is C32H31O4P. The fourth-order valence-electron chi connectivity index (χ4n) is 5.91. The van der Waals surface area contributed by atoms with Crippen molar-refractivity contribution in [2.45, 2.75) is 25.7 Å². The van der Waals surface area contributed by atoms with Crippen molar-refractivity contribution in [1.82, 2.24) is 0 Å². The van der Waals surface area contributed by atoms with Crippen LogP contribution in [0.3, 0.4) is 0 Å². The molecule has 37 heavy (non-hydrogen) atoms. The summed E-state index contributed by atoms with van der Waals surface area (Å²) < 4.78 is 7.12. The first-order chi connectivity index (χ1) is 18.1. The van der Waals surface area contributed by atoms with Gasteiger partial charge in [-0.1, -0.05) is 0 Å². The van der Waals surface area contributed by atoms with E-state index >= 15 is 0 Å². The van der Waals surface area contributed by atoms with Crippen LogP contribution in [0.1, 0.15) is 25.7 Å². The van der Waals surface area contributed by atoms with E-state index in [-0.39, 0.29) is 0 Å². The van der Waals surface area contributed by atoms with Gasteiger partial charge in [0.1, 0.15) is 0 Å². The van der Waals surface area contributed by atoms with Crippen LogP contribution in [-0.4, -0.2) is 17.0 Å². The molecule has 1 N–H and O–H groups in total. The second kappa shape index (κ2) is 10.3. The van der Waals surface area contributed by atoms with E-state index in [4.69, 9.17) is 4.52 Å². The van der Waals surface area contributed by atoms with Gasteiger partial charge in [-0.05, 0) is 0 Å². The Morgan fingerprint density at radius 2 is 0.892 bits per heavy atom. The van der Waals surface area contributed by atoms with Gasteiger partial charge in [-0.3, -0.25) is 0 Å². The minimum absolute atomic E-state index is 0.440. The zero-order valence-electron chi connectivity index (χ0n) is 20.6. The van der Waals surface area contributed by atoms with E-state index < -0.39 is 30.6 Å². The number of carboxylic acid groups (broad SMARTS) is 1. The summed E-state index contributed by atoms with van der Waals surface area (Å²) in [5.41, 5.74) is 0. The summed E-state index contributed by atoms with van der Waals surface area (Å²) in [5, 5.41) is 13.6. The van der Waals surface area contributed by atoms with Crippen molar-refractivity contribution in [3.63, 3.8) is 0 Å². The molecule has 0 bridgehead atoms. The molecule has 1 aliphatic rings. The fourth-order valence-corrected chi connectivity index (χ4v) is 11.6. The van der Waals surface area contributed by atoms with Gasteiger partial charge in [-0.15, -0.1) is 0 Å². The van der Waals surface area contributed by atoms with E-state index in [0.29, 0.717) is 12.8 Å². The quantitative estimate of drug-likeness (QED) is 0.348. The van der Waals surface area contributed by atoms with Crippen LogP contribution in [0, 0.1) is 11.8 Å². The predicted octanol–water partition coefficient (Wildman–Crippen LogP) is 5.19. The first-order valence-electron chi connectivity index (χ1n) is 12.8. The molecule has 1 saturated carbocycles. The normalized spacial score (nSPS) is 18.8. The number of rotatable bonds is 7. The van der Waals surface area contributed by atoms with E-state index in [9.17, 15) is 14.7 Å². The monoisotopic (exact) mass is 510 g/mol. The van der Waals surface area contributed by atoms with Gasteiger partial charge in [0.05, 0.1) is 0 Å². The maximum absolute atomic E-state index is 14.4. The number of hydrogen-bond acceptors (Lipinski definition) is 3. The van der Waals surface area contributed by atoms with E-state index in [1.165, 1.54) is 0 Å². The number of hydrogen-bond donors (Lipinski definition) is 1. The fraction of sp³-hybridized carbons (Fsp3) is 0.188. The molecule has 0 saturated heterocycles. The molecule has 4 nitrogen and oxygen atoms in total. The molecule has 4 aromatic rings.